The second-order valence-electron chi connectivity index (χ2n) is 4.93. The number of hydrogen-bond acceptors (Lipinski definition) is 4. The molecule has 2 N–H and O–H groups in total. The summed E-state index contributed by atoms with van der Waals surface area (Å²) in [5.41, 5.74) is 1.10. The van der Waals surface area contributed by atoms with Crippen LogP contribution in [0.3, 0.4) is 0 Å². The zero-order valence-corrected chi connectivity index (χ0v) is 13.4. The lowest BCUT2D eigenvalue weighted by Crippen LogP contribution is -2.37. The third-order valence-corrected chi connectivity index (χ3v) is 5.94. The van der Waals surface area contributed by atoms with E-state index in [-0.39, 0.29) is 6.04 Å². The topological polar surface area (TPSA) is 58.2 Å². The molecule has 1 heterocycles. The van der Waals surface area contributed by atoms with Crippen LogP contribution in [-0.2, 0) is 16.6 Å². The van der Waals surface area contributed by atoms with E-state index in [1.54, 1.807) is 12.1 Å². The quantitative estimate of drug-likeness (QED) is 0.843. The van der Waals surface area contributed by atoms with Crippen LogP contribution in [0.2, 0.25) is 0 Å². The molecule has 4 nitrogen and oxygen atoms in total. The normalized spacial score (nSPS) is 17.2. The highest BCUT2D eigenvalue weighted by atomic mass is 32.2. The van der Waals surface area contributed by atoms with E-state index >= 15 is 0 Å². The van der Waals surface area contributed by atoms with Crippen molar-refractivity contribution in [2.45, 2.75) is 37.2 Å². The van der Waals surface area contributed by atoms with E-state index in [0.717, 1.165) is 43.0 Å². The van der Waals surface area contributed by atoms with Crippen LogP contribution in [0.1, 0.15) is 25.3 Å². The Balaban J connectivity index is 2.01. The Morgan fingerprint density at radius 2 is 1.85 bits per heavy atom. The van der Waals surface area contributed by atoms with Gasteiger partial charge in [0.25, 0.3) is 0 Å². The summed E-state index contributed by atoms with van der Waals surface area (Å²) >= 11 is 1.89. The maximum atomic E-state index is 12.3. The first kappa shape index (κ1) is 15.8. The van der Waals surface area contributed by atoms with Crippen molar-refractivity contribution in [1.29, 1.82) is 0 Å². The molecule has 0 atom stereocenters. The number of thioether (sulfide) groups is 1. The van der Waals surface area contributed by atoms with Gasteiger partial charge in [0, 0.05) is 12.6 Å². The van der Waals surface area contributed by atoms with Crippen molar-refractivity contribution in [3.63, 3.8) is 0 Å². The van der Waals surface area contributed by atoms with Crippen molar-refractivity contribution >= 4 is 21.8 Å². The van der Waals surface area contributed by atoms with E-state index in [9.17, 15) is 8.42 Å². The SMILES string of the molecule is CCNCc1ccc(S(=O)(=O)NC2CCSCC2)cc1. The lowest BCUT2D eigenvalue weighted by Gasteiger charge is -2.22. The van der Waals surface area contributed by atoms with Crippen LogP contribution in [0.15, 0.2) is 29.2 Å². The Labute approximate surface area is 125 Å². The zero-order valence-electron chi connectivity index (χ0n) is 11.8. The summed E-state index contributed by atoms with van der Waals surface area (Å²) in [6.07, 6.45) is 1.84. The van der Waals surface area contributed by atoms with E-state index in [4.69, 9.17) is 0 Å². The first-order chi connectivity index (χ1) is 9.62. The standard InChI is InChI=1S/C14H22N2O2S2/c1-2-15-11-12-3-5-14(6-4-12)20(17,18)16-13-7-9-19-10-8-13/h3-6,13,15-16H,2,7-11H2,1H3. The predicted molar refractivity (Wildman–Crippen MR) is 84.5 cm³/mol. The van der Waals surface area contributed by atoms with Crippen LogP contribution >= 0.6 is 11.8 Å². The van der Waals surface area contributed by atoms with Crippen molar-refractivity contribution in [3.05, 3.63) is 29.8 Å². The van der Waals surface area contributed by atoms with Gasteiger partial charge in [-0.3, -0.25) is 0 Å². The summed E-state index contributed by atoms with van der Waals surface area (Å²) in [6.45, 7) is 3.72. The summed E-state index contributed by atoms with van der Waals surface area (Å²) in [5, 5.41) is 3.22. The van der Waals surface area contributed by atoms with E-state index in [1.165, 1.54) is 0 Å². The van der Waals surface area contributed by atoms with Crippen LogP contribution in [-0.4, -0.2) is 32.5 Å². The third kappa shape index (κ3) is 4.48. The highest BCUT2D eigenvalue weighted by Crippen LogP contribution is 2.19. The average molecular weight is 314 g/mol. The van der Waals surface area contributed by atoms with E-state index in [1.807, 2.05) is 30.8 Å². The molecule has 0 amide bonds. The molecule has 0 spiro atoms. The van der Waals surface area contributed by atoms with Gasteiger partial charge in [0.15, 0.2) is 0 Å². The van der Waals surface area contributed by atoms with Crippen molar-refractivity contribution in [2.75, 3.05) is 18.1 Å². The smallest absolute Gasteiger partial charge is 0.240 e. The molecule has 6 heteroatoms. The summed E-state index contributed by atoms with van der Waals surface area (Å²) in [4.78, 5) is 0.357. The fourth-order valence-corrected chi connectivity index (χ4v) is 4.57. The lowest BCUT2D eigenvalue weighted by atomic mass is 10.2. The molecule has 1 aliphatic heterocycles. The molecule has 1 aromatic rings. The van der Waals surface area contributed by atoms with Gasteiger partial charge >= 0.3 is 0 Å². The maximum absolute atomic E-state index is 12.3. The fourth-order valence-electron chi connectivity index (χ4n) is 2.16. The summed E-state index contributed by atoms with van der Waals surface area (Å²) in [7, 11) is -3.38. The summed E-state index contributed by atoms with van der Waals surface area (Å²) in [6, 6.07) is 7.20. The number of sulfonamides is 1. The van der Waals surface area contributed by atoms with E-state index in [2.05, 4.69) is 10.0 Å². The van der Waals surface area contributed by atoms with Gasteiger partial charge in [-0.25, -0.2) is 13.1 Å². The van der Waals surface area contributed by atoms with Gasteiger partial charge in [-0.1, -0.05) is 19.1 Å². The van der Waals surface area contributed by atoms with Gasteiger partial charge in [0.05, 0.1) is 4.90 Å². The Morgan fingerprint density at radius 3 is 2.45 bits per heavy atom. The van der Waals surface area contributed by atoms with Crippen LogP contribution in [0, 0.1) is 0 Å². The van der Waals surface area contributed by atoms with E-state index in [0.29, 0.717) is 4.90 Å². The van der Waals surface area contributed by atoms with Gasteiger partial charge in [0.1, 0.15) is 0 Å². The lowest BCUT2D eigenvalue weighted by molar-refractivity contribution is 0.529. The van der Waals surface area contributed by atoms with Gasteiger partial charge in [-0.15, -0.1) is 0 Å². The molecule has 1 aliphatic rings. The molecule has 0 bridgehead atoms. The first-order valence-corrected chi connectivity index (χ1v) is 9.65. The zero-order chi connectivity index (χ0) is 14.4. The number of rotatable bonds is 6. The maximum Gasteiger partial charge on any atom is 0.240 e. The molecule has 0 radical (unpaired) electrons. The Kier molecular flexibility index (Phi) is 5.89. The monoisotopic (exact) mass is 314 g/mol. The molecule has 1 saturated heterocycles. The third-order valence-electron chi connectivity index (χ3n) is 3.36. The molecular weight excluding hydrogens is 292 g/mol. The van der Waals surface area contributed by atoms with Gasteiger partial charge in [-0.2, -0.15) is 11.8 Å². The molecule has 0 saturated carbocycles. The number of hydrogen-bond donors (Lipinski definition) is 2. The predicted octanol–water partition coefficient (Wildman–Crippen LogP) is 1.97. The van der Waals surface area contributed by atoms with Crippen molar-refractivity contribution < 1.29 is 8.42 Å². The molecule has 1 fully saturated rings. The molecule has 0 unspecified atom stereocenters. The van der Waals surface area contributed by atoms with Gasteiger partial charge < -0.3 is 5.32 Å². The van der Waals surface area contributed by atoms with Crippen LogP contribution in [0.4, 0.5) is 0 Å². The molecule has 0 aromatic heterocycles. The minimum atomic E-state index is -3.38. The van der Waals surface area contributed by atoms with Crippen molar-refractivity contribution in [1.82, 2.24) is 10.0 Å². The molecular formula is C14H22N2O2S2. The highest BCUT2D eigenvalue weighted by molar-refractivity contribution is 7.99. The molecule has 112 valence electrons. The minimum absolute atomic E-state index is 0.0858. The Bertz CT molecular complexity index is 508. The summed E-state index contributed by atoms with van der Waals surface area (Å²) < 4.78 is 27.4. The first-order valence-electron chi connectivity index (χ1n) is 7.01. The Morgan fingerprint density at radius 1 is 1.20 bits per heavy atom. The molecule has 2 rings (SSSR count). The van der Waals surface area contributed by atoms with E-state index < -0.39 is 10.0 Å². The van der Waals surface area contributed by atoms with Gasteiger partial charge in [-0.05, 0) is 48.6 Å². The number of benzene rings is 1. The highest BCUT2D eigenvalue weighted by Gasteiger charge is 2.21. The molecule has 1 aromatic carbocycles. The average Bonchev–Trinajstić information content (AvgIpc) is 2.46. The van der Waals surface area contributed by atoms with Gasteiger partial charge in [0.2, 0.25) is 10.0 Å². The summed E-state index contributed by atoms with van der Waals surface area (Å²) in [5.74, 6) is 2.07. The second kappa shape index (κ2) is 7.45. The largest absolute Gasteiger partial charge is 0.313 e. The Hall–Kier alpha value is -0.560. The molecule has 0 aliphatic carbocycles. The fraction of sp³-hybridized carbons (Fsp3) is 0.571. The molecule has 20 heavy (non-hydrogen) atoms. The van der Waals surface area contributed by atoms with Crippen molar-refractivity contribution in [2.24, 2.45) is 0 Å². The van der Waals surface area contributed by atoms with Crippen LogP contribution < -0.4 is 10.0 Å². The number of nitrogens with one attached hydrogen (secondary N) is 2. The second-order valence-corrected chi connectivity index (χ2v) is 7.87. The van der Waals surface area contributed by atoms with Crippen LogP contribution in [0.5, 0.6) is 0 Å². The van der Waals surface area contributed by atoms with Crippen molar-refractivity contribution in [3.8, 4) is 0 Å². The van der Waals surface area contributed by atoms with Crippen LogP contribution in [0.25, 0.3) is 0 Å². The minimum Gasteiger partial charge on any atom is -0.313 e.